The highest BCUT2D eigenvalue weighted by Crippen LogP contribution is 2.45. The van der Waals surface area contributed by atoms with Crippen molar-refractivity contribution in [2.75, 3.05) is 11.5 Å². The summed E-state index contributed by atoms with van der Waals surface area (Å²) in [6.45, 7) is 4.08. The standard InChI is InChI=1S/C19H18BrN3OS/c1-11-5-12(2)7-14(6-11)21-22-18-16-8-13(20)3-4-17(16)23(19(18)24)15-9-25-10-15/h3-8,15,24H,9-10H2,1-2H3. The van der Waals surface area contributed by atoms with Gasteiger partial charge in [-0.3, -0.25) is 0 Å². The average Bonchev–Trinajstić information content (AvgIpc) is 2.75. The molecule has 3 aromatic rings. The van der Waals surface area contributed by atoms with Crippen LogP contribution in [0.4, 0.5) is 11.4 Å². The van der Waals surface area contributed by atoms with Crippen molar-refractivity contribution in [3.63, 3.8) is 0 Å². The Hall–Kier alpha value is -1.79. The summed E-state index contributed by atoms with van der Waals surface area (Å²) in [4.78, 5) is 0. The normalized spacial score (nSPS) is 15.2. The van der Waals surface area contributed by atoms with E-state index < -0.39 is 0 Å². The van der Waals surface area contributed by atoms with Crippen LogP contribution in [0.25, 0.3) is 10.9 Å². The molecule has 128 valence electrons. The maximum absolute atomic E-state index is 10.8. The molecule has 1 saturated heterocycles. The van der Waals surface area contributed by atoms with Crippen LogP contribution < -0.4 is 0 Å². The molecule has 2 heterocycles. The van der Waals surface area contributed by atoms with E-state index in [9.17, 15) is 5.11 Å². The highest BCUT2D eigenvalue weighted by Gasteiger charge is 2.27. The number of aromatic nitrogens is 1. The fraction of sp³-hybridized carbons (Fsp3) is 0.263. The Morgan fingerprint density at radius 3 is 2.44 bits per heavy atom. The van der Waals surface area contributed by atoms with Crippen molar-refractivity contribution in [1.82, 2.24) is 4.57 Å². The molecule has 25 heavy (non-hydrogen) atoms. The van der Waals surface area contributed by atoms with Crippen LogP contribution >= 0.6 is 27.7 Å². The quantitative estimate of drug-likeness (QED) is 0.500. The Balaban J connectivity index is 1.84. The minimum absolute atomic E-state index is 0.200. The Labute approximate surface area is 159 Å². The highest BCUT2D eigenvalue weighted by molar-refractivity contribution is 9.10. The van der Waals surface area contributed by atoms with Crippen molar-refractivity contribution in [3.8, 4) is 5.88 Å². The summed E-state index contributed by atoms with van der Waals surface area (Å²) in [5.41, 5.74) is 4.63. The van der Waals surface area contributed by atoms with Gasteiger partial charge < -0.3 is 9.67 Å². The predicted molar refractivity (Wildman–Crippen MR) is 108 cm³/mol. The molecule has 0 saturated carbocycles. The van der Waals surface area contributed by atoms with E-state index in [4.69, 9.17) is 0 Å². The van der Waals surface area contributed by atoms with Gasteiger partial charge >= 0.3 is 0 Å². The van der Waals surface area contributed by atoms with Gasteiger partial charge in [-0.05, 0) is 55.3 Å². The molecule has 0 unspecified atom stereocenters. The molecule has 4 nitrogen and oxygen atoms in total. The molecule has 0 aliphatic carbocycles. The zero-order valence-electron chi connectivity index (χ0n) is 14.0. The molecular formula is C19H18BrN3OS. The number of benzene rings is 2. The first-order chi connectivity index (χ1) is 12.0. The maximum Gasteiger partial charge on any atom is 0.221 e. The predicted octanol–water partition coefficient (Wildman–Crippen LogP) is 6.43. The number of azo groups is 1. The minimum Gasteiger partial charge on any atom is -0.493 e. The topological polar surface area (TPSA) is 49.9 Å². The highest BCUT2D eigenvalue weighted by atomic mass is 79.9. The number of hydrogen-bond donors (Lipinski definition) is 1. The van der Waals surface area contributed by atoms with E-state index in [-0.39, 0.29) is 5.88 Å². The first-order valence-electron chi connectivity index (χ1n) is 8.13. The van der Waals surface area contributed by atoms with Gasteiger partial charge in [0.05, 0.1) is 17.2 Å². The van der Waals surface area contributed by atoms with E-state index in [0.29, 0.717) is 11.7 Å². The van der Waals surface area contributed by atoms with Gasteiger partial charge in [-0.2, -0.15) is 16.9 Å². The van der Waals surface area contributed by atoms with Crippen molar-refractivity contribution in [2.24, 2.45) is 10.2 Å². The van der Waals surface area contributed by atoms with Gasteiger partial charge in [0.25, 0.3) is 0 Å². The third kappa shape index (κ3) is 3.09. The van der Waals surface area contributed by atoms with Gasteiger partial charge in [0, 0.05) is 21.4 Å². The molecule has 1 aliphatic rings. The lowest BCUT2D eigenvalue weighted by molar-refractivity contribution is 0.406. The lowest BCUT2D eigenvalue weighted by atomic mass is 10.1. The van der Waals surface area contributed by atoms with Gasteiger partial charge in [-0.25, -0.2) is 0 Å². The zero-order valence-corrected chi connectivity index (χ0v) is 16.4. The van der Waals surface area contributed by atoms with Crippen LogP contribution in [0, 0.1) is 13.8 Å². The summed E-state index contributed by atoms with van der Waals surface area (Å²) in [5.74, 6) is 2.23. The van der Waals surface area contributed by atoms with Crippen molar-refractivity contribution >= 4 is 50.0 Å². The number of halogens is 1. The van der Waals surface area contributed by atoms with Crippen LogP contribution in [0.15, 0.2) is 51.1 Å². The monoisotopic (exact) mass is 415 g/mol. The summed E-state index contributed by atoms with van der Waals surface area (Å²) in [6.07, 6.45) is 0. The summed E-state index contributed by atoms with van der Waals surface area (Å²) in [7, 11) is 0. The molecule has 0 radical (unpaired) electrons. The fourth-order valence-corrected chi connectivity index (χ4v) is 4.32. The number of rotatable bonds is 3. The van der Waals surface area contributed by atoms with Gasteiger partial charge in [0.1, 0.15) is 0 Å². The molecule has 6 heteroatoms. The van der Waals surface area contributed by atoms with E-state index in [1.807, 2.05) is 60.5 Å². The Kier molecular flexibility index (Phi) is 4.33. The zero-order chi connectivity index (χ0) is 17.6. The largest absolute Gasteiger partial charge is 0.493 e. The molecule has 4 rings (SSSR count). The summed E-state index contributed by atoms with van der Waals surface area (Å²) in [5, 5.41) is 20.5. The molecule has 0 atom stereocenters. The summed E-state index contributed by atoms with van der Waals surface area (Å²) < 4.78 is 2.96. The van der Waals surface area contributed by atoms with Crippen molar-refractivity contribution in [2.45, 2.75) is 19.9 Å². The second-order valence-electron chi connectivity index (χ2n) is 6.44. The average molecular weight is 416 g/mol. The number of nitrogens with zero attached hydrogens (tertiary/aromatic N) is 3. The molecule has 1 aliphatic heterocycles. The van der Waals surface area contributed by atoms with Crippen LogP contribution in [0.1, 0.15) is 17.2 Å². The first-order valence-corrected chi connectivity index (χ1v) is 10.1. The summed E-state index contributed by atoms with van der Waals surface area (Å²) >= 11 is 5.40. The van der Waals surface area contributed by atoms with E-state index in [2.05, 4.69) is 32.2 Å². The van der Waals surface area contributed by atoms with Crippen LogP contribution in [-0.2, 0) is 0 Å². The smallest absolute Gasteiger partial charge is 0.221 e. The number of aryl methyl sites for hydroxylation is 2. The van der Waals surface area contributed by atoms with Crippen molar-refractivity contribution in [1.29, 1.82) is 0 Å². The number of hydrogen-bond acceptors (Lipinski definition) is 4. The number of fused-ring (bicyclic) bond motifs is 1. The number of aromatic hydroxyl groups is 1. The van der Waals surface area contributed by atoms with Gasteiger partial charge in [-0.15, -0.1) is 5.11 Å². The van der Waals surface area contributed by atoms with Crippen LogP contribution in [0.5, 0.6) is 5.88 Å². The lowest BCUT2D eigenvalue weighted by Crippen LogP contribution is -2.22. The Morgan fingerprint density at radius 2 is 1.80 bits per heavy atom. The third-order valence-corrected chi connectivity index (χ3v) is 6.10. The van der Waals surface area contributed by atoms with E-state index in [1.165, 1.54) is 0 Å². The molecule has 0 spiro atoms. The molecular weight excluding hydrogens is 398 g/mol. The van der Waals surface area contributed by atoms with Crippen LogP contribution in [-0.4, -0.2) is 21.2 Å². The second kappa shape index (κ2) is 6.50. The molecule has 0 bridgehead atoms. The first kappa shape index (κ1) is 16.7. The molecule has 2 aromatic carbocycles. The van der Waals surface area contributed by atoms with E-state index in [1.54, 1.807) is 0 Å². The SMILES string of the molecule is Cc1cc(C)cc(N=Nc2c(O)n(C3CSC3)c3ccc(Br)cc23)c1. The summed E-state index contributed by atoms with van der Waals surface area (Å²) in [6, 6.07) is 12.4. The van der Waals surface area contributed by atoms with Gasteiger partial charge in [-0.1, -0.05) is 22.0 Å². The molecule has 1 aromatic heterocycles. The van der Waals surface area contributed by atoms with Crippen LogP contribution in [0.2, 0.25) is 0 Å². The number of thioether (sulfide) groups is 1. The van der Waals surface area contributed by atoms with Gasteiger partial charge in [0.15, 0.2) is 5.69 Å². The molecule has 0 amide bonds. The minimum atomic E-state index is 0.200. The lowest BCUT2D eigenvalue weighted by Gasteiger charge is -2.27. The van der Waals surface area contributed by atoms with Crippen molar-refractivity contribution < 1.29 is 5.11 Å². The molecule has 1 fully saturated rings. The maximum atomic E-state index is 10.8. The fourth-order valence-electron chi connectivity index (χ4n) is 3.21. The van der Waals surface area contributed by atoms with Crippen molar-refractivity contribution in [3.05, 3.63) is 52.0 Å². The Morgan fingerprint density at radius 1 is 1.08 bits per heavy atom. The Bertz CT molecular complexity index is 972. The second-order valence-corrected chi connectivity index (χ2v) is 8.43. The van der Waals surface area contributed by atoms with E-state index in [0.717, 1.165) is 43.7 Å². The van der Waals surface area contributed by atoms with Crippen LogP contribution in [0.3, 0.4) is 0 Å². The van der Waals surface area contributed by atoms with E-state index >= 15 is 0 Å². The van der Waals surface area contributed by atoms with Gasteiger partial charge in [0.2, 0.25) is 5.88 Å². The third-order valence-electron chi connectivity index (χ3n) is 4.37. The molecule has 1 N–H and O–H groups in total.